The number of nitrogens with one attached hydrogen (secondary N) is 1. The fraction of sp³-hybridized carbons (Fsp3) is 0.158. The van der Waals surface area contributed by atoms with E-state index in [9.17, 15) is 8.42 Å². The first kappa shape index (κ1) is 19.0. The summed E-state index contributed by atoms with van der Waals surface area (Å²) in [5.41, 5.74) is 3.42. The van der Waals surface area contributed by atoms with Gasteiger partial charge in [0, 0.05) is 19.1 Å². The van der Waals surface area contributed by atoms with Gasteiger partial charge in [-0.1, -0.05) is 23.4 Å². The molecule has 4 rings (SSSR count). The Labute approximate surface area is 167 Å². The first-order valence-electron chi connectivity index (χ1n) is 8.68. The summed E-state index contributed by atoms with van der Waals surface area (Å²) in [5, 5.41) is 11.3. The smallest absolute Gasteiger partial charge is 0.229 e. The molecule has 10 heteroatoms. The average Bonchev–Trinajstić information content (AvgIpc) is 3.11. The highest BCUT2D eigenvalue weighted by Crippen LogP contribution is 2.20. The molecule has 0 aliphatic carbocycles. The second-order valence-corrected chi connectivity index (χ2v) is 8.45. The maximum absolute atomic E-state index is 11.8. The van der Waals surface area contributed by atoms with Crippen LogP contribution in [0.25, 0.3) is 16.9 Å². The van der Waals surface area contributed by atoms with Crippen molar-refractivity contribution in [2.24, 2.45) is 0 Å². The lowest BCUT2D eigenvalue weighted by Gasteiger charge is -2.07. The van der Waals surface area contributed by atoms with Crippen LogP contribution in [0, 0.1) is 0 Å². The van der Waals surface area contributed by atoms with Gasteiger partial charge in [-0.15, -0.1) is 5.10 Å². The third-order valence-electron chi connectivity index (χ3n) is 4.18. The van der Waals surface area contributed by atoms with Crippen LogP contribution in [0.1, 0.15) is 5.56 Å². The number of fused-ring (bicyclic) bond motifs is 1. The lowest BCUT2D eigenvalue weighted by atomic mass is 10.2. The first-order chi connectivity index (χ1) is 13.9. The zero-order valence-electron chi connectivity index (χ0n) is 15.8. The van der Waals surface area contributed by atoms with Crippen molar-refractivity contribution in [3.05, 3.63) is 60.3 Å². The number of sulfone groups is 1. The second-order valence-electron chi connectivity index (χ2n) is 6.43. The van der Waals surface area contributed by atoms with Gasteiger partial charge in [-0.3, -0.25) is 0 Å². The van der Waals surface area contributed by atoms with E-state index in [1.807, 2.05) is 24.3 Å². The number of nitrogens with zero attached hydrogens (tertiary/aromatic N) is 5. The first-order valence-corrected chi connectivity index (χ1v) is 10.6. The number of ether oxygens (including phenoxy) is 1. The highest BCUT2D eigenvalue weighted by molar-refractivity contribution is 7.90. The molecule has 1 N–H and O–H groups in total. The molecule has 0 bridgehead atoms. The van der Waals surface area contributed by atoms with Gasteiger partial charge >= 0.3 is 0 Å². The molecule has 4 aromatic rings. The lowest BCUT2D eigenvalue weighted by Crippen LogP contribution is -2.03. The van der Waals surface area contributed by atoms with Crippen LogP contribution in [-0.4, -0.2) is 46.7 Å². The maximum atomic E-state index is 11.8. The summed E-state index contributed by atoms with van der Waals surface area (Å²) in [5.74, 6) is 0.305. The summed E-state index contributed by atoms with van der Waals surface area (Å²) >= 11 is 0. The number of hydrogen-bond acceptors (Lipinski definition) is 8. The molecule has 0 unspecified atom stereocenters. The van der Waals surface area contributed by atoms with Gasteiger partial charge in [0.25, 0.3) is 0 Å². The molecule has 0 fully saturated rings. The van der Waals surface area contributed by atoms with E-state index in [2.05, 4.69) is 25.6 Å². The summed E-state index contributed by atoms with van der Waals surface area (Å²) in [6, 6.07) is 14.2. The van der Waals surface area contributed by atoms with Gasteiger partial charge in [0.2, 0.25) is 5.95 Å². The van der Waals surface area contributed by atoms with E-state index in [-0.39, 0.29) is 4.90 Å². The lowest BCUT2D eigenvalue weighted by molar-refractivity contribution is 0.185. The standard InChI is InChI=1S/C19H18N6O3S/c1-28-12-13-5-3-7-15(9-13)25-18-17(23-24-25)11-20-19(22-18)21-14-6-4-8-16(10-14)29(2,26)27/h3-11H,12H2,1-2H3,(H,20,21,22). The van der Waals surface area contributed by atoms with E-state index >= 15 is 0 Å². The number of aromatic nitrogens is 5. The van der Waals surface area contributed by atoms with Gasteiger partial charge in [-0.05, 0) is 35.9 Å². The van der Waals surface area contributed by atoms with Crippen molar-refractivity contribution >= 4 is 32.6 Å². The number of methoxy groups -OCH3 is 1. The largest absolute Gasteiger partial charge is 0.380 e. The molecule has 0 aliphatic heterocycles. The Kier molecular flexibility index (Phi) is 4.95. The molecule has 0 aliphatic rings. The molecule has 0 spiro atoms. The Morgan fingerprint density at radius 3 is 2.76 bits per heavy atom. The van der Waals surface area contributed by atoms with Crippen molar-refractivity contribution in [2.45, 2.75) is 11.5 Å². The minimum atomic E-state index is -3.31. The second kappa shape index (κ2) is 7.57. The molecule has 0 radical (unpaired) electrons. The van der Waals surface area contributed by atoms with Crippen molar-refractivity contribution in [2.75, 3.05) is 18.7 Å². The summed E-state index contributed by atoms with van der Waals surface area (Å²) in [7, 11) is -1.67. The number of benzene rings is 2. The summed E-state index contributed by atoms with van der Waals surface area (Å²) in [4.78, 5) is 8.96. The van der Waals surface area contributed by atoms with Gasteiger partial charge in [-0.25, -0.2) is 13.4 Å². The van der Waals surface area contributed by atoms with Crippen LogP contribution in [-0.2, 0) is 21.2 Å². The van der Waals surface area contributed by atoms with E-state index < -0.39 is 9.84 Å². The summed E-state index contributed by atoms with van der Waals surface area (Å²) in [6.45, 7) is 0.485. The van der Waals surface area contributed by atoms with Crippen LogP contribution in [0.3, 0.4) is 0 Å². The Morgan fingerprint density at radius 2 is 1.97 bits per heavy atom. The molecule has 9 nitrogen and oxygen atoms in total. The van der Waals surface area contributed by atoms with Crippen LogP contribution >= 0.6 is 0 Å². The quantitative estimate of drug-likeness (QED) is 0.516. The Hall–Kier alpha value is -3.37. The van der Waals surface area contributed by atoms with Crippen molar-refractivity contribution in [3.63, 3.8) is 0 Å². The predicted octanol–water partition coefficient (Wildman–Crippen LogP) is 2.50. The normalized spacial score (nSPS) is 11.7. The third-order valence-corrected chi connectivity index (χ3v) is 5.29. The van der Waals surface area contributed by atoms with Crippen molar-refractivity contribution in [1.29, 1.82) is 0 Å². The van der Waals surface area contributed by atoms with Gasteiger partial charge in [-0.2, -0.15) is 9.67 Å². The van der Waals surface area contributed by atoms with E-state index in [0.29, 0.717) is 29.4 Å². The predicted molar refractivity (Wildman–Crippen MR) is 108 cm³/mol. The van der Waals surface area contributed by atoms with Crippen molar-refractivity contribution in [3.8, 4) is 5.69 Å². The zero-order chi connectivity index (χ0) is 20.4. The van der Waals surface area contributed by atoms with Gasteiger partial charge in [0.05, 0.1) is 23.4 Å². The van der Waals surface area contributed by atoms with Gasteiger partial charge in [0.15, 0.2) is 21.0 Å². The number of anilines is 2. The molecule has 0 saturated carbocycles. The third kappa shape index (κ3) is 4.08. The highest BCUT2D eigenvalue weighted by Gasteiger charge is 2.12. The molecule has 2 heterocycles. The molecule has 2 aromatic heterocycles. The molecule has 2 aromatic carbocycles. The summed E-state index contributed by atoms with van der Waals surface area (Å²) in [6.07, 6.45) is 2.73. The van der Waals surface area contributed by atoms with Gasteiger partial charge < -0.3 is 10.1 Å². The number of rotatable bonds is 6. The van der Waals surface area contributed by atoms with Crippen LogP contribution < -0.4 is 5.32 Å². The average molecular weight is 410 g/mol. The minimum absolute atomic E-state index is 0.213. The Balaban J connectivity index is 1.70. The van der Waals surface area contributed by atoms with Crippen molar-refractivity contribution < 1.29 is 13.2 Å². The van der Waals surface area contributed by atoms with E-state index in [4.69, 9.17) is 4.74 Å². The Morgan fingerprint density at radius 1 is 1.14 bits per heavy atom. The maximum Gasteiger partial charge on any atom is 0.229 e. The minimum Gasteiger partial charge on any atom is -0.380 e. The zero-order valence-corrected chi connectivity index (χ0v) is 16.6. The van der Waals surface area contributed by atoms with Crippen LogP contribution in [0.2, 0.25) is 0 Å². The monoisotopic (exact) mass is 410 g/mol. The molecule has 148 valence electrons. The van der Waals surface area contributed by atoms with E-state index in [1.165, 1.54) is 12.1 Å². The summed E-state index contributed by atoms with van der Waals surface area (Å²) < 4.78 is 30.3. The van der Waals surface area contributed by atoms with Crippen molar-refractivity contribution in [1.82, 2.24) is 25.0 Å². The topological polar surface area (TPSA) is 112 Å². The molecule has 0 amide bonds. The molecule has 0 atom stereocenters. The van der Waals surface area contributed by atoms with Gasteiger partial charge in [0.1, 0.15) is 0 Å². The highest BCUT2D eigenvalue weighted by atomic mass is 32.2. The Bertz CT molecular complexity index is 1290. The fourth-order valence-electron chi connectivity index (χ4n) is 2.84. The van der Waals surface area contributed by atoms with E-state index in [1.54, 1.807) is 30.1 Å². The van der Waals surface area contributed by atoms with Crippen LogP contribution in [0.4, 0.5) is 11.6 Å². The van der Waals surface area contributed by atoms with Crippen LogP contribution in [0.15, 0.2) is 59.6 Å². The molecular weight excluding hydrogens is 392 g/mol. The molecular formula is C19H18N6O3S. The molecule has 29 heavy (non-hydrogen) atoms. The fourth-order valence-corrected chi connectivity index (χ4v) is 3.51. The molecule has 0 saturated heterocycles. The van der Waals surface area contributed by atoms with Crippen LogP contribution in [0.5, 0.6) is 0 Å². The van der Waals surface area contributed by atoms with E-state index in [0.717, 1.165) is 17.5 Å². The number of hydrogen-bond donors (Lipinski definition) is 1. The SMILES string of the molecule is COCc1cccc(-n2nnc3cnc(Nc4cccc(S(C)(=O)=O)c4)nc32)c1.